The third-order valence-electron chi connectivity index (χ3n) is 1.89. The minimum absolute atomic E-state index is 0.0358. The van der Waals surface area contributed by atoms with Crippen molar-refractivity contribution in [1.29, 1.82) is 0 Å². The second-order valence-corrected chi connectivity index (χ2v) is 3.89. The Morgan fingerprint density at radius 2 is 2.29 bits per heavy atom. The van der Waals surface area contributed by atoms with Crippen LogP contribution in [0, 0.1) is 6.92 Å². The van der Waals surface area contributed by atoms with Crippen LogP contribution in [0.15, 0.2) is 16.6 Å². The second kappa shape index (κ2) is 3.09. The van der Waals surface area contributed by atoms with Crippen LogP contribution in [0.1, 0.15) is 16.2 Å². The number of aromatic amines is 1. The highest BCUT2D eigenvalue weighted by Gasteiger charge is 2.11. The number of aryl methyl sites for hydroxylation is 1. The highest BCUT2D eigenvalue weighted by atomic mass is 79.9. The number of benzene rings is 1. The van der Waals surface area contributed by atoms with Crippen molar-refractivity contribution in [2.45, 2.75) is 6.92 Å². The van der Waals surface area contributed by atoms with Gasteiger partial charge in [-0.3, -0.25) is 0 Å². The van der Waals surface area contributed by atoms with E-state index >= 15 is 0 Å². The predicted octanol–water partition coefficient (Wildman–Crippen LogP) is 2.33. The molecule has 1 aromatic heterocycles. The number of nitrogens with one attached hydrogen (secondary N) is 1. The summed E-state index contributed by atoms with van der Waals surface area (Å²) in [6.45, 7) is 1.94. The molecule has 0 atom stereocenters. The van der Waals surface area contributed by atoms with Crippen LogP contribution in [0.2, 0.25) is 0 Å². The lowest BCUT2D eigenvalue weighted by molar-refractivity contribution is 0.0685. The molecule has 2 N–H and O–H groups in total. The number of hydrogen-bond donors (Lipinski definition) is 2. The third-order valence-corrected chi connectivity index (χ3v) is 2.49. The fourth-order valence-corrected chi connectivity index (χ4v) is 1.98. The minimum atomic E-state index is -1.05. The molecule has 0 amide bonds. The fraction of sp³-hybridized carbons (Fsp3) is 0.111. The molecule has 0 aliphatic rings. The molecule has 4 nitrogen and oxygen atoms in total. The number of imidazole rings is 1. The minimum Gasteiger partial charge on any atom is -0.475 e. The number of aromatic carboxylic acids is 1. The van der Waals surface area contributed by atoms with Crippen LogP contribution in [0.3, 0.4) is 0 Å². The van der Waals surface area contributed by atoms with Crippen LogP contribution in [0.4, 0.5) is 0 Å². The van der Waals surface area contributed by atoms with Crippen molar-refractivity contribution in [2.75, 3.05) is 0 Å². The van der Waals surface area contributed by atoms with Crippen LogP contribution in [-0.2, 0) is 0 Å². The largest absolute Gasteiger partial charge is 0.475 e. The number of rotatable bonds is 1. The zero-order chi connectivity index (χ0) is 10.3. The van der Waals surface area contributed by atoms with Crippen LogP contribution in [0.5, 0.6) is 0 Å². The Hall–Kier alpha value is -1.36. The Bertz CT molecular complexity index is 519. The summed E-state index contributed by atoms with van der Waals surface area (Å²) in [5.41, 5.74) is 2.42. The summed E-state index contributed by atoms with van der Waals surface area (Å²) in [4.78, 5) is 17.3. The first-order chi connectivity index (χ1) is 6.58. The zero-order valence-electron chi connectivity index (χ0n) is 7.34. The van der Waals surface area contributed by atoms with Gasteiger partial charge in [0.15, 0.2) is 0 Å². The normalized spacial score (nSPS) is 10.7. The molecule has 2 rings (SSSR count). The molecule has 0 fully saturated rings. The SMILES string of the molecule is Cc1cc(Br)c2nc(C(=O)O)[nH]c2c1. The summed E-state index contributed by atoms with van der Waals surface area (Å²) in [6.07, 6.45) is 0. The summed E-state index contributed by atoms with van der Waals surface area (Å²) in [5.74, 6) is -1.09. The highest BCUT2D eigenvalue weighted by molar-refractivity contribution is 9.10. The van der Waals surface area contributed by atoms with Crippen LogP contribution < -0.4 is 0 Å². The molecule has 72 valence electrons. The number of hydrogen-bond acceptors (Lipinski definition) is 2. The number of carboxylic acid groups (broad SMARTS) is 1. The van der Waals surface area contributed by atoms with Crippen molar-refractivity contribution in [3.63, 3.8) is 0 Å². The quantitative estimate of drug-likeness (QED) is 0.821. The van der Waals surface area contributed by atoms with Gasteiger partial charge in [0.1, 0.15) is 5.52 Å². The number of aromatic nitrogens is 2. The molecular weight excluding hydrogens is 248 g/mol. The average molecular weight is 255 g/mol. The van der Waals surface area contributed by atoms with Crippen LogP contribution in [0.25, 0.3) is 11.0 Å². The molecule has 0 saturated carbocycles. The first kappa shape index (κ1) is 9.21. The van der Waals surface area contributed by atoms with E-state index in [2.05, 4.69) is 25.9 Å². The number of carboxylic acids is 1. The van der Waals surface area contributed by atoms with Gasteiger partial charge in [-0.25, -0.2) is 9.78 Å². The topological polar surface area (TPSA) is 66.0 Å². The van der Waals surface area contributed by atoms with E-state index in [1.165, 1.54) is 0 Å². The van der Waals surface area contributed by atoms with Gasteiger partial charge in [0.25, 0.3) is 0 Å². The first-order valence-electron chi connectivity index (χ1n) is 3.97. The molecule has 5 heteroatoms. The van der Waals surface area contributed by atoms with Gasteiger partial charge in [-0.15, -0.1) is 0 Å². The standard InChI is InChI=1S/C9H7BrN2O2/c1-4-2-5(10)7-6(3-4)11-8(12-7)9(13)14/h2-3H,1H3,(H,11,12)(H,13,14). The molecule has 0 radical (unpaired) electrons. The van der Waals surface area contributed by atoms with Crippen molar-refractivity contribution in [3.05, 3.63) is 28.0 Å². The van der Waals surface area contributed by atoms with Crippen molar-refractivity contribution in [2.24, 2.45) is 0 Å². The Morgan fingerprint density at radius 1 is 1.57 bits per heavy atom. The first-order valence-corrected chi connectivity index (χ1v) is 4.76. The molecule has 0 aliphatic heterocycles. The molecule has 0 spiro atoms. The second-order valence-electron chi connectivity index (χ2n) is 3.03. The van der Waals surface area contributed by atoms with Crippen molar-refractivity contribution in [1.82, 2.24) is 9.97 Å². The molecule has 14 heavy (non-hydrogen) atoms. The van der Waals surface area contributed by atoms with E-state index in [0.717, 1.165) is 15.6 Å². The molecule has 0 saturated heterocycles. The van der Waals surface area contributed by atoms with Gasteiger partial charge in [-0.1, -0.05) is 0 Å². The van der Waals surface area contributed by atoms with E-state index < -0.39 is 5.97 Å². The summed E-state index contributed by atoms with van der Waals surface area (Å²) in [5, 5.41) is 8.74. The van der Waals surface area contributed by atoms with Gasteiger partial charge in [-0.2, -0.15) is 0 Å². The Morgan fingerprint density at radius 3 is 2.93 bits per heavy atom. The van der Waals surface area contributed by atoms with Crippen molar-refractivity contribution < 1.29 is 9.90 Å². The lowest BCUT2D eigenvalue weighted by Crippen LogP contribution is -1.97. The van der Waals surface area contributed by atoms with Gasteiger partial charge < -0.3 is 10.1 Å². The maximum absolute atomic E-state index is 10.7. The van der Waals surface area contributed by atoms with E-state index in [1.54, 1.807) is 0 Å². The number of nitrogens with zero attached hydrogens (tertiary/aromatic N) is 1. The third kappa shape index (κ3) is 1.39. The molecule has 0 bridgehead atoms. The van der Waals surface area contributed by atoms with Gasteiger partial charge >= 0.3 is 5.97 Å². The van der Waals surface area contributed by atoms with Gasteiger partial charge in [0.05, 0.1) is 5.52 Å². The van der Waals surface area contributed by atoms with E-state index in [0.29, 0.717) is 5.52 Å². The summed E-state index contributed by atoms with van der Waals surface area (Å²) < 4.78 is 0.802. The molecule has 0 unspecified atom stereocenters. The predicted molar refractivity (Wildman–Crippen MR) is 55.5 cm³/mol. The maximum atomic E-state index is 10.7. The lowest BCUT2D eigenvalue weighted by Gasteiger charge is -1.94. The smallest absolute Gasteiger partial charge is 0.371 e. The number of fused-ring (bicyclic) bond motifs is 1. The molecule has 2 aromatic rings. The van der Waals surface area contributed by atoms with Gasteiger partial charge in [-0.05, 0) is 40.5 Å². The molecule has 0 aliphatic carbocycles. The number of carbonyl (C=O) groups is 1. The van der Waals surface area contributed by atoms with Crippen molar-refractivity contribution >= 4 is 32.9 Å². The zero-order valence-corrected chi connectivity index (χ0v) is 8.92. The highest BCUT2D eigenvalue weighted by Crippen LogP contribution is 2.23. The van der Waals surface area contributed by atoms with E-state index in [1.807, 2.05) is 19.1 Å². The van der Waals surface area contributed by atoms with Crippen LogP contribution in [-0.4, -0.2) is 21.0 Å². The van der Waals surface area contributed by atoms with Crippen molar-refractivity contribution in [3.8, 4) is 0 Å². The fourth-order valence-electron chi connectivity index (χ4n) is 1.31. The summed E-state index contributed by atoms with van der Waals surface area (Å²) >= 11 is 3.33. The van der Waals surface area contributed by atoms with E-state index in [4.69, 9.17) is 5.11 Å². The molecule has 1 heterocycles. The Kier molecular flexibility index (Phi) is 2.03. The summed E-state index contributed by atoms with van der Waals surface area (Å²) in [7, 11) is 0. The Labute approximate surface area is 88.1 Å². The van der Waals surface area contributed by atoms with E-state index in [-0.39, 0.29) is 5.82 Å². The van der Waals surface area contributed by atoms with E-state index in [9.17, 15) is 4.79 Å². The monoisotopic (exact) mass is 254 g/mol. The maximum Gasteiger partial charge on any atom is 0.371 e. The number of H-pyrrole nitrogens is 1. The van der Waals surface area contributed by atoms with Crippen LogP contribution >= 0.6 is 15.9 Å². The van der Waals surface area contributed by atoms with Gasteiger partial charge in [0.2, 0.25) is 5.82 Å². The lowest BCUT2D eigenvalue weighted by atomic mass is 10.2. The Balaban J connectivity index is 2.76. The van der Waals surface area contributed by atoms with Gasteiger partial charge in [0, 0.05) is 4.47 Å². The molecular formula is C9H7BrN2O2. The molecule has 1 aromatic carbocycles. The summed E-state index contributed by atoms with van der Waals surface area (Å²) in [6, 6.07) is 3.76. The average Bonchev–Trinajstić information content (AvgIpc) is 2.47. The number of halogens is 1.